The van der Waals surface area contributed by atoms with E-state index in [1.165, 1.54) is 18.2 Å². The first-order chi connectivity index (χ1) is 12.5. The molecule has 1 saturated heterocycles. The predicted molar refractivity (Wildman–Crippen MR) is 96.9 cm³/mol. The van der Waals surface area contributed by atoms with Crippen LogP contribution < -0.4 is 4.74 Å². The Hall–Kier alpha value is -2.22. The van der Waals surface area contributed by atoms with E-state index in [1.807, 2.05) is 16.9 Å². The molecule has 0 bridgehead atoms. The maximum absolute atomic E-state index is 12.5. The van der Waals surface area contributed by atoms with E-state index < -0.39 is 6.61 Å². The topological polar surface area (TPSA) is 47.4 Å². The van der Waals surface area contributed by atoms with Crippen LogP contribution in [-0.2, 0) is 4.79 Å². The Labute approximate surface area is 158 Å². The number of ether oxygens (including phenoxy) is 1. The molecule has 0 radical (unpaired) electrons. The van der Waals surface area contributed by atoms with Crippen LogP contribution in [0.1, 0.15) is 24.4 Å². The molecule has 1 atom stereocenters. The fraction of sp³-hybridized carbons (Fsp3) is 0.333. The number of aromatic nitrogens is 2. The minimum Gasteiger partial charge on any atom is -0.434 e. The van der Waals surface area contributed by atoms with Crippen LogP contribution in [0.4, 0.5) is 8.78 Å². The number of halogens is 3. The molecule has 0 spiro atoms. The summed E-state index contributed by atoms with van der Waals surface area (Å²) in [5, 5.41) is 4.24. The van der Waals surface area contributed by atoms with Gasteiger partial charge in [-0.25, -0.2) is 0 Å². The minimum atomic E-state index is -2.92. The highest BCUT2D eigenvalue weighted by Gasteiger charge is 2.23. The number of alkyl halides is 2. The lowest BCUT2D eigenvalue weighted by molar-refractivity contribution is -0.127. The van der Waals surface area contributed by atoms with Gasteiger partial charge in [0.25, 0.3) is 0 Å². The van der Waals surface area contributed by atoms with Gasteiger partial charge in [0.15, 0.2) is 0 Å². The largest absolute Gasteiger partial charge is 0.434 e. The summed E-state index contributed by atoms with van der Waals surface area (Å²) in [6, 6.07) is 6.69. The third-order valence-electron chi connectivity index (χ3n) is 4.20. The molecule has 3 rings (SSSR count). The highest BCUT2D eigenvalue weighted by atomic mass is 79.9. The van der Waals surface area contributed by atoms with E-state index in [4.69, 9.17) is 0 Å². The zero-order valence-corrected chi connectivity index (χ0v) is 15.5. The first kappa shape index (κ1) is 18.6. The van der Waals surface area contributed by atoms with Crippen molar-refractivity contribution in [2.24, 2.45) is 0 Å². The zero-order chi connectivity index (χ0) is 18.5. The van der Waals surface area contributed by atoms with Gasteiger partial charge in [-0.3, -0.25) is 9.48 Å². The van der Waals surface area contributed by atoms with Gasteiger partial charge in [0, 0.05) is 41.6 Å². The second-order valence-electron chi connectivity index (χ2n) is 5.96. The summed E-state index contributed by atoms with van der Waals surface area (Å²) in [6.45, 7) is -1.68. The molecule has 0 N–H and O–H groups in total. The lowest BCUT2D eigenvalue weighted by atomic mass is 10.1. The highest BCUT2D eigenvalue weighted by Crippen LogP contribution is 2.26. The van der Waals surface area contributed by atoms with Crippen molar-refractivity contribution in [2.75, 3.05) is 13.1 Å². The van der Waals surface area contributed by atoms with Gasteiger partial charge in [0.2, 0.25) is 5.91 Å². The molecule has 26 heavy (non-hydrogen) atoms. The molecule has 1 aromatic heterocycles. The average Bonchev–Trinajstić information content (AvgIpc) is 3.16. The van der Waals surface area contributed by atoms with E-state index in [1.54, 1.807) is 23.2 Å². The molecule has 1 aromatic carbocycles. The van der Waals surface area contributed by atoms with Gasteiger partial charge in [-0.05, 0) is 43.2 Å². The van der Waals surface area contributed by atoms with Gasteiger partial charge >= 0.3 is 6.61 Å². The summed E-state index contributed by atoms with van der Waals surface area (Å²) in [7, 11) is 0. The molecule has 1 aliphatic heterocycles. The molecule has 1 unspecified atom stereocenters. The molecule has 138 valence electrons. The van der Waals surface area contributed by atoms with E-state index in [0.29, 0.717) is 23.1 Å². The Kier molecular flexibility index (Phi) is 6.03. The van der Waals surface area contributed by atoms with Gasteiger partial charge in [-0.1, -0.05) is 15.9 Å². The van der Waals surface area contributed by atoms with Gasteiger partial charge in [0.05, 0.1) is 6.04 Å². The van der Waals surface area contributed by atoms with Crippen molar-refractivity contribution in [3.63, 3.8) is 0 Å². The van der Waals surface area contributed by atoms with Crippen LogP contribution in [0.5, 0.6) is 5.75 Å². The van der Waals surface area contributed by atoms with Gasteiger partial charge < -0.3 is 9.64 Å². The molecule has 0 saturated carbocycles. The van der Waals surface area contributed by atoms with E-state index in [0.717, 1.165) is 12.8 Å². The standard InChI is InChI=1S/C18H18BrF2N3O2/c19-14-5-6-16(26-18(20)21)13(11-14)4-7-17(25)23-9-1-3-15(12-23)24-10-2-8-22-24/h2,4-8,10-11,15,18H,1,3,9,12H2/b7-4+. The highest BCUT2D eigenvalue weighted by molar-refractivity contribution is 9.10. The van der Waals surface area contributed by atoms with E-state index >= 15 is 0 Å². The SMILES string of the molecule is O=C(/C=C/c1cc(Br)ccc1OC(F)F)N1CCCC(n2cccn2)C1. The number of piperidine rings is 1. The van der Waals surface area contributed by atoms with Crippen LogP contribution in [0, 0.1) is 0 Å². The van der Waals surface area contributed by atoms with E-state index in [2.05, 4.69) is 25.8 Å². The van der Waals surface area contributed by atoms with Crippen molar-refractivity contribution in [1.29, 1.82) is 0 Å². The molecular weight excluding hydrogens is 408 g/mol. The average molecular weight is 426 g/mol. The zero-order valence-electron chi connectivity index (χ0n) is 13.9. The summed E-state index contributed by atoms with van der Waals surface area (Å²) in [4.78, 5) is 14.3. The summed E-state index contributed by atoms with van der Waals surface area (Å²) in [5.41, 5.74) is 0.411. The van der Waals surface area contributed by atoms with Gasteiger partial charge in [0.1, 0.15) is 5.75 Å². The molecule has 1 fully saturated rings. The van der Waals surface area contributed by atoms with Crippen molar-refractivity contribution in [3.8, 4) is 5.75 Å². The molecule has 0 aliphatic carbocycles. The fourth-order valence-electron chi connectivity index (χ4n) is 2.99. The van der Waals surface area contributed by atoms with Crippen molar-refractivity contribution in [3.05, 3.63) is 52.8 Å². The quantitative estimate of drug-likeness (QED) is 0.676. The number of hydrogen-bond donors (Lipinski definition) is 0. The lowest BCUT2D eigenvalue weighted by Crippen LogP contribution is -2.40. The van der Waals surface area contributed by atoms with Crippen molar-refractivity contribution >= 4 is 27.9 Å². The van der Waals surface area contributed by atoms with Crippen LogP contribution in [0.25, 0.3) is 6.08 Å². The molecule has 2 heterocycles. The van der Waals surface area contributed by atoms with Gasteiger partial charge in [-0.15, -0.1) is 0 Å². The Morgan fingerprint density at radius 2 is 2.27 bits per heavy atom. The second-order valence-corrected chi connectivity index (χ2v) is 6.88. The second kappa shape index (κ2) is 8.44. The number of rotatable bonds is 5. The van der Waals surface area contributed by atoms with Crippen molar-refractivity contribution in [1.82, 2.24) is 14.7 Å². The number of likely N-dealkylation sites (tertiary alicyclic amines) is 1. The molecule has 1 amide bonds. The predicted octanol–water partition coefficient (Wildman–Crippen LogP) is 4.12. The third-order valence-corrected chi connectivity index (χ3v) is 4.69. The Balaban J connectivity index is 1.70. The van der Waals surface area contributed by atoms with Crippen molar-refractivity contribution in [2.45, 2.75) is 25.5 Å². The number of hydrogen-bond acceptors (Lipinski definition) is 3. The molecule has 2 aromatic rings. The van der Waals surface area contributed by atoms with E-state index in [-0.39, 0.29) is 17.7 Å². The smallest absolute Gasteiger partial charge is 0.387 e. The minimum absolute atomic E-state index is 0.0281. The van der Waals surface area contributed by atoms with Crippen LogP contribution in [0.2, 0.25) is 0 Å². The van der Waals surface area contributed by atoms with Crippen LogP contribution in [0.3, 0.4) is 0 Å². The summed E-state index contributed by atoms with van der Waals surface area (Å²) < 4.78 is 32.1. The molecule has 1 aliphatic rings. The number of carbonyl (C=O) groups excluding carboxylic acids is 1. The lowest BCUT2D eigenvalue weighted by Gasteiger charge is -2.32. The third kappa shape index (κ3) is 4.69. The maximum Gasteiger partial charge on any atom is 0.387 e. The molecule has 8 heteroatoms. The van der Waals surface area contributed by atoms with Crippen molar-refractivity contribution < 1.29 is 18.3 Å². The number of nitrogens with zero attached hydrogens (tertiary/aromatic N) is 3. The van der Waals surface area contributed by atoms with E-state index in [9.17, 15) is 13.6 Å². The Morgan fingerprint density at radius 1 is 1.42 bits per heavy atom. The summed E-state index contributed by atoms with van der Waals surface area (Å²) >= 11 is 3.29. The molecule has 5 nitrogen and oxygen atoms in total. The Morgan fingerprint density at radius 3 is 3.00 bits per heavy atom. The Bertz CT molecular complexity index is 781. The first-order valence-corrected chi connectivity index (χ1v) is 9.02. The van der Waals surface area contributed by atoms with Crippen LogP contribution >= 0.6 is 15.9 Å². The number of amides is 1. The number of benzene rings is 1. The number of carbonyl (C=O) groups is 1. The normalized spacial score (nSPS) is 17.8. The van der Waals surface area contributed by atoms with Crippen LogP contribution in [0.15, 0.2) is 47.2 Å². The summed E-state index contributed by atoms with van der Waals surface area (Å²) in [6.07, 6.45) is 8.37. The molecular formula is C18H18BrF2N3O2. The monoisotopic (exact) mass is 425 g/mol. The fourth-order valence-corrected chi connectivity index (χ4v) is 3.37. The van der Waals surface area contributed by atoms with Gasteiger partial charge in [-0.2, -0.15) is 13.9 Å². The maximum atomic E-state index is 12.5. The summed E-state index contributed by atoms with van der Waals surface area (Å²) in [5.74, 6) is -0.134. The van der Waals surface area contributed by atoms with Crippen LogP contribution in [-0.4, -0.2) is 40.3 Å². The first-order valence-electron chi connectivity index (χ1n) is 8.23.